The van der Waals surface area contributed by atoms with Gasteiger partial charge in [0.25, 0.3) is 0 Å². The number of benzene rings is 1. The van der Waals surface area contributed by atoms with Gasteiger partial charge in [-0.3, -0.25) is 4.79 Å². The average molecular weight is 285 g/mol. The number of carbonyl (C=O) groups is 1. The lowest BCUT2D eigenvalue weighted by atomic mass is 10.1. The molecule has 5 heteroatoms. The molecule has 2 heterocycles. The highest BCUT2D eigenvalue weighted by Crippen LogP contribution is 2.40. The highest BCUT2D eigenvalue weighted by atomic mass is 16.3. The van der Waals surface area contributed by atoms with E-state index in [0.717, 1.165) is 48.5 Å². The van der Waals surface area contributed by atoms with Crippen molar-refractivity contribution in [3.8, 4) is 0 Å². The smallest absolute Gasteiger partial charge is 0.242 e. The van der Waals surface area contributed by atoms with Gasteiger partial charge in [0.15, 0.2) is 11.5 Å². The Hall–Kier alpha value is -2.04. The van der Waals surface area contributed by atoms with Gasteiger partial charge < -0.3 is 15.1 Å². The van der Waals surface area contributed by atoms with Crippen molar-refractivity contribution in [2.45, 2.75) is 44.1 Å². The molecule has 1 aliphatic carbocycles. The van der Waals surface area contributed by atoms with Crippen molar-refractivity contribution in [2.24, 2.45) is 0 Å². The molecule has 1 aromatic heterocycles. The van der Waals surface area contributed by atoms with Crippen LogP contribution in [0.5, 0.6) is 0 Å². The molecule has 2 aromatic rings. The van der Waals surface area contributed by atoms with Crippen LogP contribution in [0.1, 0.15) is 43.9 Å². The number of rotatable bonds is 3. The number of hydrogen-bond donors (Lipinski definition) is 2. The van der Waals surface area contributed by atoms with Crippen LogP contribution in [0, 0.1) is 0 Å². The lowest BCUT2D eigenvalue weighted by Crippen LogP contribution is -2.37. The van der Waals surface area contributed by atoms with E-state index in [0.29, 0.717) is 5.92 Å². The molecule has 5 nitrogen and oxygen atoms in total. The average Bonchev–Trinajstić information content (AvgIpc) is 3.27. The highest BCUT2D eigenvalue weighted by molar-refractivity contribution is 5.86. The minimum Gasteiger partial charge on any atom is -0.440 e. The molecule has 1 atom stereocenters. The number of hydrogen-bond acceptors (Lipinski definition) is 4. The first-order valence-corrected chi connectivity index (χ1v) is 7.74. The zero-order valence-electron chi connectivity index (χ0n) is 11.9. The molecule has 21 heavy (non-hydrogen) atoms. The van der Waals surface area contributed by atoms with Crippen LogP contribution < -0.4 is 10.6 Å². The Bertz CT molecular complexity index is 675. The van der Waals surface area contributed by atoms with Crippen molar-refractivity contribution in [3.05, 3.63) is 24.1 Å². The molecule has 2 N–H and O–H groups in total. The first-order chi connectivity index (χ1) is 10.3. The summed E-state index contributed by atoms with van der Waals surface area (Å²) in [6, 6.07) is 5.72. The highest BCUT2D eigenvalue weighted by Gasteiger charge is 2.29. The number of nitrogens with zero attached hydrogens (tertiary/aromatic N) is 1. The van der Waals surface area contributed by atoms with Gasteiger partial charge in [-0.05, 0) is 50.3 Å². The SMILES string of the molecule is O=C1NCCCC[C@@H]1Nc1ccc2oc(C3CC3)nc2c1. The Kier molecular flexibility index (Phi) is 3.05. The van der Waals surface area contributed by atoms with Gasteiger partial charge in [-0.25, -0.2) is 4.98 Å². The number of amides is 1. The molecule has 4 rings (SSSR count). The zero-order chi connectivity index (χ0) is 14.2. The maximum atomic E-state index is 12.0. The quantitative estimate of drug-likeness (QED) is 0.910. The molecule has 0 bridgehead atoms. The van der Waals surface area contributed by atoms with Gasteiger partial charge >= 0.3 is 0 Å². The lowest BCUT2D eigenvalue weighted by Gasteiger charge is -2.16. The van der Waals surface area contributed by atoms with E-state index in [4.69, 9.17) is 4.42 Å². The van der Waals surface area contributed by atoms with Crippen LogP contribution in [0.3, 0.4) is 0 Å². The molecule has 1 aliphatic heterocycles. The number of anilines is 1. The maximum absolute atomic E-state index is 12.0. The van der Waals surface area contributed by atoms with Crippen molar-refractivity contribution >= 4 is 22.7 Å². The molecule has 1 saturated carbocycles. The van der Waals surface area contributed by atoms with Gasteiger partial charge in [0, 0.05) is 18.2 Å². The third-order valence-electron chi connectivity index (χ3n) is 4.21. The second kappa shape index (κ2) is 5.06. The van der Waals surface area contributed by atoms with E-state index in [-0.39, 0.29) is 11.9 Å². The van der Waals surface area contributed by atoms with E-state index in [1.165, 1.54) is 12.8 Å². The van der Waals surface area contributed by atoms with Crippen molar-refractivity contribution in [2.75, 3.05) is 11.9 Å². The molecular formula is C16H19N3O2. The first kappa shape index (κ1) is 12.7. The molecule has 1 saturated heterocycles. The van der Waals surface area contributed by atoms with Crippen molar-refractivity contribution in [1.29, 1.82) is 0 Å². The number of aromatic nitrogens is 1. The Morgan fingerprint density at radius 3 is 3.00 bits per heavy atom. The summed E-state index contributed by atoms with van der Waals surface area (Å²) in [6.45, 7) is 0.782. The molecule has 0 unspecified atom stereocenters. The Labute approximate surface area is 123 Å². The number of oxazole rings is 1. The fraction of sp³-hybridized carbons (Fsp3) is 0.500. The molecule has 0 spiro atoms. The van der Waals surface area contributed by atoms with Crippen molar-refractivity contribution in [1.82, 2.24) is 10.3 Å². The standard InChI is InChI=1S/C16H19N3O2/c20-15-12(3-1-2-8-17-15)18-11-6-7-14-13(9-11)19-16(21-14)10-4-5-10/h6-7,9-10,12,18H,1-5,8H2,(H,17,20)/t12-/m0/s1. The summed E-state index contributed by atoms with van der Waals surface area (Å²) in [5.41, 5.74) is 2.63. The number of nitrogens with one attached hydrogen (secondary N) is 2. The fourth-order valence-corrected chi connectivity index (χ4v) is 2.82. The third-order valence-corrected chi connectivity index (χ3v) is 4.21. The number of carbonyl (C=O) groups excluding carboxylic acids is 1. The minimum atomic E-state index is -0.153. The summed E-state index contributed by atoms with van der Waals surface area (Å²) >= 11 is 0. The molecule has 1 aromatic carbocycles. The van der Waals surface area contributed by atoms with Gasteiger partial charge in [0.1, 0.15) is 11.6 Å². The van der Waals surface area contributed by atoms with E-state index >= 15 is 0 Å². The van der Waals surface area contributed by atoms with Gasteiger partial charge in [0.2, 0.25) is 5.91 Å². The summed E-state index contributed by atoms with van der Waals surface area (Å²) < 4.78 is 5.76. The summed E-state index contributed by atoms with van der Waals surface area (Å²) in [4.78, 5) is 16.5. The maximum Gasteiger partial charge on any atom is 0.242 e. The van der Waals surface area contributed by atoms with Crippen LogP contribution >= 0.6 is 0 Å². The van der Waals surface area contributed by atoms with E-state index in [1.807, 2.05) is 18.2 Å². The van der Waals surface area contributed by atoms with E-state index in [9.17, 15) is 4.79 Å². The van der Waals surface area contributed by atoms with Gasteiger partial charge in [-0.15, -0.1) is 0 Å². The Balaban J connectivity index is 1.56. The fourth-order valence-electron chi connectivity index (χ4n) is 2.82. The second-order valence-electron chi connectivity index (χ2n) is 5.99. The monoisotopic (exact) mass is 285 g/mol. The third kappa shape index (κ3) is 2.60. The normalized spacial score (nSPS) is 22.9. The van der Waals surface area contributed by atoms with E-state index < -0.39 is 0 Å². The molecule has 0 radical (unpaired) electrons. The summed E-state index contributed by atoms with van der Waals surface area (Å²) in [5, 5.41) is 6.27. The van der Waals surface area contributed by atoms with E-state index in [1.54, 1.807) is 0 Å². The van der Waals surface area contributed by atoms with Crippen molar-refractivity contribution in [3.63, 3.8) is 0 Å². The van der Waals surface area contributed by atoms with Gasteiger partial charge in [0.05, 0.1) is 0 Å². The molecule has 110 valence electrons. The first-order valence-electron chi connectivity index (χ1n) is 7.74. The number of fused-ring (bicyclic) bond motifs is 1. The summed E-state index contributed by atoms with van der Waals surface area (Å²) in [7, 11) is 0. The minimum absolute atomic E-state index is 0.0893. The summed E-state index contributed by atoms with van der Waals surface area (Å²) in [6.07, 6.45) is 5.35. The molecular weight excluding hydrogens is 266 g/mol. The predicted molar refractivity (Wildman–Crippen MR) is 80.3 cm³/mol. The lowest BCUT2D eigenvalue weighted by molar-refractivity contribution is -0.121. The predicted octanol–water partition coefficient (Wildman–Crippen LogP) is 2.79. The van der Waals surface area contributed by atoms with E-state index in [2.05, 4.69) is 15.6 Å². The van der Waals surface area contributed by atoms with Gasteiger partial charge in [-0.1, -0.05) is 0 Å². The topological polar surface area (TPSA) is 67.2 Å². The molecule has 2 fully saturated rings. The van der Waals surface area contributed by atoms with Crippen molar-refractivity contribution < 1.29 is 9.21 Å². The Morgan fingerprint density at radius 1 is 1.24 bits per heavy atom. The van der Waals surface area contributed by atoms with Crippen LogP contribution in [0.25, 0.3) is 11.1 Å². The van der Waals surface area contributed by atoms with Crippen LogP contribution in [0.2, 0.25) is 0 Å². The molecule has 1 amide bonds. The van der Waals surface area contributed by atoms with Gasteiger partial charge in [-0.2, -0.15) is 0 Å². The largest absolute Gasteiger partial charge is 0.440 e. The van der Waals surface area contributed by atoms with Crippen LogP contribution in [-0.2, 0) is 4.79 Å². The van der Waals surface area contributed by atoms with Crippen LogP contribution in [0.4, 0.5) is 5.69 Å². The Morgan fingerprint density at radius 2 is 2.14 bits per heavy atom. The van der Waals surface area contributed by atoms with Crippen LogP contribution in [0.15, 0.2) is 22.6 Å². The second-order valence-corrected chi connectivity index (χ2v) is 5.99. The van der Waals surface area contributed by atoms with Crippen LogP contribution in [-0.4, -0.2) is 23.5 Å². The molecule has 2 aliphatic rings. The summed E-state index contributed by atoms with van der Waals surface area (Å²) in [5.74, 6) is 1.46. The zero-order valence-corrected chi connectivity index (χ0v) is 11.9.